The van der Waals surface area contributed by atoms with E-state index in [1.807, 2.05) is 22.9 Å². The summed E-state index contributed by atoms with van der Waals surface area (Å²) >= 11 is 0. The lowest BCUT2D eigenvalue weighted by Crippen LogP contribution is -2.01. The fourth-order valence-electron chi connectivity index (χ4n) is 2.01. The molecule has 4 nitrogen and oxygen atoms in total. The van der Waals surface area contributed by atoms with Crippen LogP contribution in [0.3, 0.4) is 0 Å². The van der Waals surface area contributed by atoms with Gasteiger partial charge in [-0.15, -0.1) is 0 Å². The molecule has 1 aromatic heterocycles. The fraction of sp³-hybridized carbons (Fsp3) is 0.308. The predicted octanol–water partition coefficient (Wildman–Crippen LogP) is 2.03. The van der Waals surface area contributed by atoms with E-state index in [4.69, 9.17) is 10.2 Å². The van der Waals surface area contributed by atoms with Gasteiger partial charge in [0.15, 0.2) is 0 Å². The Morgan fingerprint density at radius 3 is 2.82 bits per heavy atom. The lowest BCUT2D eigenvalue weighted by atomic mass is 10.1. The second-order valence-corrected chi connectivity index (χ2v) is 4.12. The number of rotatable bonds is 4. The van der Waals surface area contributed by atoms with Crippen molar-refractivity contribution in [1.29, 1.82) is 0 Å². The summed E-state index contributed by atoms with van der Waals surface area (Å²) in [5, 5.41) is 18.8. The Kier molecular flexibility index (Phi) is 3.15. The van der Waals surface area contributed by atoms with Gasteiger partial charge in [-0.25, -0.2) is 4.79 Å². The molecule has 0 bridgehead atoms. The molecule has 0 spiro atoms. The highest BCUT2D eigenvalue weighted by atomic mass is 16.4. The van der Waals surface area contributed by atoms with Crippen LogP contribution in [0.5, 0.6) is 0 Å². The number of carboxylic acids is 1. The summed E-state index contributed by atoms with van der Waals surface area (Å²) in [5.41, 5.74) is 2.12. The standard InChI is InChI=1S/C13H15NO3/c1-9-7-12-10(8-11(9)13(16)17)3-5-14(12)4-2-6-15/h3,5,7-8,15H,2,4,6H2,1H3,(H,16,17). The molecule has 2 N–H and O–H groups in total. The number of benzene rings is 1. The van der Waals surface area contributed by atoms with Crippen molar-refractivity contribution in [3.63, 3.8) is 0 Å². The first kappa shape index (κ1) is 11.7. The number of carbonyl (C=O) groups is 1. The van der Waals surface area contributed by atoms with E-state index in [1.54, 1.807) is 13.0 Å². The van der Waals surface area contributed by atoms with Crippen LogP contribution >= 0.6 is 0 Å². The quantitative estimate of drug-likeness (QED) is 0.849. The SMILES string of the molecule is Cc1cc2c(ccn2CCCO)cc1C(=O)O. The van der Waals surface area contributed by atoms with Crippen molar-refractivity contribution in [1.82, 2.24) is 4.57 Å². The third-order valence-electron chi connectivity index (χ3n) is 2.90. The third-order valence-corrected chi connectivity index (χ3v) is 2.90. The Morgan fingerprint density at radius 2 is 2.18 bits per heavy atom. The van der Waals surface area contributed by atoms with E-state index in [0.717, 1.165) is 23.0 Å². The van der Waals surface area contributed by atoms with Crippen molar-refractivity contribution in [2.45, 2.75) is 19.9 Å². The van der Waals surface area contributed by atoms with Gasteiger partial charge in [0.1, 0.15) is 0 Å². The molecule has 0 fully saturated rings. The molecule has 0 atom stereocenters. The number of aliphatic hydroxyl groups excluding tert-OH is 1. The molecule has 1 heterocycles. The number of hydrogen-bond acceptors (Lipinski definition) is 2. The van der Waals surface area contributed by atoms with Crippen LogP contribution in [0.1, 0.15) is 22.3 Å². The molecule has 17 heavy (non-hydrogen) atoms. The van der Waals surface area contributed by atoms with Crippen LogP contribution < -0.4 is 0 Å². The number of carboxylic acid groups (broad SMARTS) is 1. The van der Waals surface area contributed by atoms with Gasteiger partial charge in [-0.3, -0.25) is 0 Å². The zero-order valence-electron chi connectivity index (χ0n) is 9.68. The van der Waals surface area contributed by atoms with Crippen molar-refractivity contribution >= 4 is 16.9 Å². The smallest absolute Gasteiger partial charge is 0.335 e. The number of aromatic nitrogens is 1. The number of hydrogen-bond donors (Lipinski definition) is 2. The average Bonchev–Trinajstić information content (AvgIpc) is 2.67. The van der Waals surface area contributed by atoms with Crippen LogP contribution in [0.2, 0.25) is 0 Å². The maximum Gasteiger partial charge on any atom is 0.335 e. The van der Waals surface area contributed by atoms with Crippen LogP contribution in [0.25, 0.3) is 10.9 Å². The molecule has 0 radical (unpaired) electrons. The van der Waals surface area contributed by atoms with Crippen molar-refractivity contribution in [2.24, 2.45) is 0 Å². The molecule has 2 aromatic rings. The van der Waals surface area contributed by atoms with Gasteiger partial charge in [-0.2, -0.15) is 0 Å². The maximum absolute atomic E-state index is 11.0. The van der Waals surface area contributed by atoms with Gasteiger partial charge in [0.2, 0.25) is 0 Å². The highest BCUT2D eigenvalue weighted by Crippen LogP contribution is 2.21. The van der Waals surface area contributed by atoms with Crippen LogP contribution in [0.15, 0.2) is 24.4 Å². The Morgan fingerprint density at radius 1 is 1.41 bits per heavy atom. The highest BCUT2D eigenvalue weighted by molar-refractivity contribution is 5.95. The van der Waals surface area contributed by atoms with Crippen molar-refractivity contribution in [3.05, 3.63) is 35.5 Å². The lowest BCUT2D eigenvalue weighted by Gasteiger charge is -2.06. The van der Waals surface area contributed by atoms with Gasteiger partial charge >= 0.3 is 5.97 Å². The summed E-state index contributed by atoms with van der Waals surface area (Å²) in [6.07, 6.45) is 2.62. The minimum absolute atomic E-state index is 0.159. The van der Waals surface area contributed by atoms with Crippen molar-refractivity contribution in [2.75, 3.05) is 6.61 Å². The van der Waals surface area contributed by atoms with E-state index in [0.29, 0.717) is 12.0 Å². The summed E-state index contributed by atoms with van der Waals surface area (Å²) in [5.74, 6) is -0.896. The largest absolute Gasteiger partial charge is 0.478 e. The molecule has 2 rings (SSSR count). The number of aliphatic hydroxyl groups is 1. The molecule has 90 valence electrons. The molecule has 0 saturated carbocycles. The second-order valence-electron chi connectivity index (χ2n) is 4.12. The zero-order valence-corrected chi connectivity index (χ0v) is 9.68. The average molecular weight is 233 g/mol. The Labute approximate surface area is 99.1 Å². The number of aromatic carboxylic acids is 1. The van der Waals surface area contributed by atoms with E-state index in [2.05, 4.69) is 0 Å². The summed E-state index contributed by atoms with van der Waals surface area (Å²) in [7, 11) is 0. The Balaban J connectivity index is 2.48. The molecule has 1 aromatic carbocycles. The highest BCUT2D eigenvalue weighted by Gasteiger charge is 2.10. The molecule has 0 amide bonds. The Hall–Kier alpha value is -1.81. The molecule has 4 heteroatoms. The molecular weight excluding hydrogens is 218 g/mol. The molecule has 0 aliphatic carbocycles. The number of aryl methyl sites for hydroxylation is 2. The first-order valence-electron chi connectivity index (χ1n) is 5.57. The minimum atomic E-state index is -0.896. The van der Waals surface area contributed by atoms with E-state index in [9.17, 15) is 4.79 Å². The van der Waals surface area contributed by atoms with Gasteiger partial charge < -0.3 is 14.8 Å². The molecule has 0 aliphatic heterocycles. The van der Waals surface area contributed by atoms with Crippen molar-refractivity contribution < 1.29 is 15.0 Å². The molecule has 0 aliphatic rings. The van der Waals surface area contributed by atoms with Crippen molar-refractivity contribution in [3.8, 4) is 0 Å². The second kappa shape index (κ2) is 4.59. The van der Waals surface area contributed by atoms with Gasteiger partial charge in [0.05, 0.1) is 5.56 Å². The first-order chi connectivity index (χ1) is 8.13. The van der Waals surface area contributed by atoms with E-state index < -0.39 is 5.97 Å². The van der Waals surface area contributed by atoms with Crippen LogP contribution in [0.4, 0.5) is 0 Å². The lowest BCUT2D eigenvalue weighted by molar-refractivity contribution is 0.0696. The predicted molar refractivity (Wildman–Crippen MR) is 65.3 cm³/mol. The minimum Gasteiger partial charge on any atom is -0.478 e. The molecule has 0 saturated heterocycles. The van der Waals surface area contributed by atoms with E-state index in [1.165, 1.54) is 0 Å². The summed E-state index contributed by atoms with van der Waals surface area (Å²) < 4.78 is 2.03. The summed E-state index contributed by atoms with van der Waals surface area (Å²) in [4.78, 5) is 11.0. The normalized spacial score (nSPS) is 10.9. The molecular formula is C13H15NO3. The molecule has 0 unspecified atom stereocenters. The summed E-state index contributed by atoms with van der Waals surface area (Å²) in [6.45, 7) is 2.70. The fourth-order valence-corrected chi connectivity index (χ4v) is 2.01. The van der Waals surface area contributed by atoms with Crippen LogP contribution in [0, 0.1) is 6.92 Å². The van der Waals surface area contributed by atoms with Gasteiger partial charge in [-0.1, -0.05) is 0 Å². The number of nitrogens with zero attached hydrogens (tertiary/aromatic N) is 1. The maximum atomic E-state index is 11.0. The van der Waals surface area contributed by atoms with Gasteiger partial charge in [0.25, 0.3) is 0 Å². The van der Waals surface area contributed by atoms with Gasteiger partial charge in [0, 0.05) is 30.3 Å². The summed E-state index contributed by atoms with van der Waals surface area (Å²) in [6, 6.07) is 5.48. The Bertz CT molecular complexity index is 557. The van der Waals surface area contributed by atoms with Gasteiger partial charge in [-0.05, 0) is 37.1 Å². The van der Waals surface area contributed by atoms with E-state index in [-0.39, 0.29) is 6.61 Å². The topological polar surface area (TPSA) is 62.5 Å². The monoisotopic (exact) mass is 233 g/mol. The van der Waals surface area contributed by atoms with Crippen LogP contribution in [-0.4, -0.2) is 27.4 Å². The van der Waals surface area contributed by atoms with Crippen LogP contribution in [-0.2, 0) is 6.54 Å². The number of fused-ring (bicyclic) bond motifs is 1. The first-order valence-corrected chi connectivity index (χ1v) is 5.57. The van der Waals surface area contributed by atoms with E-state index >= 15 is 0 Å². The third kappa shape index (κ3) is 2.17. The zero-order chi connectivity index (χ0) is 12.4.